The predicted molar refractivity (Wildman–Crippen MR) is 147 cm³/mol. The number of hydrogen-bond donors (Lipinski definition) is 2. The van der Waals surface area contributed by atoms with E-state index < -0.39 is 0 Å². The van der Waals surface area contributed by atoms with Gasteiger partial charge >= 0.3 is 0 Å². The lowest BCUT2D eigenvalue weighted by Crippen LogP contribution is -2.44. The number of piperidine rings is 1. The summed E-state index contributed by atoms with van der Waals surface area (Å²) in [5, 5.41) is 6.88. The summed E-state index contributed by atoms with van der Waals surface area (Å²) in [7, 11) is 1.84. The van der Waals surface area contributed by atoms with Crippen LogP contribution in [0.15, 0.2) is 35.3 Å². The first-order valence-electron chi connectivity index (χ1n) is 12.4. The van der Waals surface area contributed by atoms with Gasteiger partial charge in [-0.15, -0.1) is 24.0 Å². The Morgan fingerprint density at radius 2 is 1.82 bits per heavy atom. The Hall–Kier alpha value is -0.940. The monoisotopic (exact) mass is 573 g/mol. The number of nitrogens with zero attached hydrogens (tertiary/aromatic N) is 3. The molecule has 3 rings (SSSR count). The number of nitrogens with one attached hydrogen (secondary N) is 2. The molecule has 0 amide bonds. The molecule has 7 nitrogen and oxygen atoms in total. The Labute approximate surface area is 217 Å². The molecule has 1 aromatic carbocycles. The second-order valence-electron chi connectivity index (χ2n) is 9.08. The summed E-state index contributed by atoms with van der Waals surface area (Å²) in [6.45, 7) is 13.1. The van der Waals surface area contributed by atoms with Crippen LogP contribution in [0.1, 0.15) is 31.7 Å². The number of guanidine groups is 1. The van der Waals surface area contributed by atoms with Gasteiger partial charge in [-0.3, -0.25) is 14.8 Å². The van der Waals surface area contributed by atoms with Gasteiger partial charge in [-0.1, -0.05) is 37.3 Å². The van der Waals surface area contributed by atoms with Crippen LogP contribution in [-0.2, 0) is 16.0 Å². The van der Waals surface area contributed by atoms with Crippen molar-refractivity contribution in [1.82, 2.24) is 20.4 Å². The van der Waals surface area contributed by atoms with Crippen LogP contribution in [0.2, 0.25) is 0 Å². The molecule has 2 saturated heterocycles. The minimum absolute atomic E-state index is 0. The summed E-state index contributed by atoms with van der Waals surface area (Å²) in [6, 6.07) is 10.7. The van der Waals surface area contributed by atoms with Crippen LogP contribution in [0.5, 0.6) is 0 Å². The molecule has 0 aromatic heterocycles. The van der Waals surface area contributed by atoms with Crippen molar-refractivity contribution in [2.24, 2.45) is 10.9 Å². The fourth-order valence-corrected chi connectivity index (χ4v) is 4.39. The maximum Gasteiger partial charge on any atom is 0.190 e. The van der Waals surface area contributed by atoms with Gasteiger partial charge in [-0.05, 0) is 30.7 Å². The van der Waals surface area contributed by atoms with Crippen LogP contribution in [0.25, 0.3) is 0 Å². The molecule has 0 aliphatic carbocycles. The molecule has 0 radical (unpaired) electrons. The molecule has 0 spiro atoms. The third kappa shape index (κ3) is 11.4. The topological polar surface area (TPSA) is 61.4 Å². The van der Waals surface area contributed by atoms with E-state index in [1.807, 2.05) is 7.05 Å². The van der Waals surface area contributed by atoms with Gasteiger partial charge in [0.1, 0.15) is 0 Å². The van der Waals surface area contributed by atoms with Gasteiger partial charge in [0.15, 0.2) is 5.96 Å². The van der Waals surface area contributed by atoms with Gasteiger partial charge in [0.2, 0.25) is 0 Å². The summed E-state index contributed by atoms with van der Waals surface area (Å²) >= 11 is 0. The summed E-state index contributed by atoms with van der Waals surface area (Å²) < 4.78 is 11.6. The van der Waals surface area contributed by atoms with Crippen molar-refractivity contribution in [2.75, 3.05) is 72.7 Å². The maximum atomic E-state index is 6.14. The van der Waals surface area contributed by atoms with Crippen molar-refractivity contribution in [1.29, 1.82) is 0 Å². The lowest BCUT2D eigenvalue weighted by molar-refractivity contribution is 0.00534. The number of rotatable bonds is 11. The fraction of sp³-hybridized carbons (Fsp3) is 0.720. The molecule has 1 atom stereocenters. The number of likely N-dealkylation sites (tertiary alicyclic amines) is 1. The van der Waals surface area contributed by atoms with E-state index in [2.05, 4.69) is 62.7 Å². The first-order chi connectivity index (χ1) is 15.7. The first kappa shape index (κ1) is 28.3. The van der Waals surface area contributed by atoms with Crippen molar-refractivity contribution in [3.05, 3.63) is 35.9 Å². The average molecular weight is 574 g/mol. The third-order valence-electron chi connectivity index (χ3n) is 6.27. The normalized spacial score (nSPS) is 19.6. The Morgan fingerprint density at radius 3 is 2.52 bits per heavy atom. The van der Waals surface area contributed by atoms with E-state index in [0.29, 0.717) is 12.0 Å². The number of aliphatic imine (C=N–C) groups is 1. The lowest BCUT2D eigenvalue weighted by atomic mass is 10.1. The van der Waals surface area contributed by atoms with Crippen molar-refractivity contribution in [3.8, 4) is 0 Å². The van der Waals surface area contributed by atoms with Crippen LogP contribution in [0.4, 0.5) is 0 Å². The van der Waals surface area contributed by atoms with Crippen molar-refractivity contribution >= 4 is 29.9 Å². The predicted octanol–water partition coefficient (Wildman–Crippen LogP) is 2.81. The number of ether oxygens (including phenoxy) is 2. The number of benzene rings is 1. The molecule has 1 aromatic rings. The van der Waals surface area contributed by atoms with Gasteiger partial charge in [-0.25, -0.2) is 0 Å². The minimum atomic E-state index is 0. The molecule has 2 N–H and O–H groups in total. The standard InChI is InChI=1S/C25H43N5O2.HI/c1-22(20-30-14-17-31-18-15-30)19-28-25(26-2)27-11-6-16-32-24-9-12-29(13-10-24)21-23-7-4-3-5-8-23;/h3-5,7-8,22,24H,6,9-21H2,1-2H3,(H2,26,27,28);1H. The number of hydrogen-bond acceptors (Lipinski definition) is 5. The SMILES string of the molecule is CN=C(NCCCOC1CCN(Cc2ccccc2)CC1)NCC(C)CN1CCOCC1.I. The Morgan fingerprint density at radius 1 is 1.09 bits per heavy atom. The molecule has 2 heterocycles. The van der Waals surface area contributed by atoms with Crippen LogP contribution in [-0.4, -0.2) is 94.5 Å². The molecule has 8 heteroatoms. The highest BCUT2D eigenvalue weighted by Crippen LogP contribution is 2.16. The third-order valence-corrected chi connectivity index (χ3v) is 6.27. The quantitative estimate of drug-likeness (QED) is 0.184. The molecule has 0 bridgehead atoms. The Bertz CT molecular complexity index is 649. The summed E-state index contributed by atoms with van der Waals surface area (Å²) in [4.78, 5) is 9.37. The van der Waals surface area contributed by atoms with Gasteiger partial charge in [0.25, 0.3) is 0 Å². The van der Waals surface area contributed by atoms with Crippen LogP contribution >= 0.6 is 24.0 Å². The minimum Gasteiger partial charge on any atom is -0.379 e. The first-order valence-corrected chi connectivity index (χ1v) is 12.4. The highest BCUT2D eigenvalue weighted by molar-refractivity contribution is 14.0. The second kappa shape index (κ2) is 16.6. The molecular weight excluding hydrogens is 529 g/mol. The average Bonchev–Trinajstić information content (AvgIpc) is 2.83. The van der Waals surface area contributed by atoms with E-state index >= 15 is 0 Å². The van der Waals surface area contributed by atoms with Crippen molar-refractivity contribution in [3.63, 3.8) is 0 Å². The molecule has 2 aliphatic rings. The molecule has 188 valence electrons. The Balaban J connectivity index is 0.00000385. The molecule has 1 unspecified atom stereocenters. The van der Waals surface area contributed by atoms with E-state index in [4.69, 9.17) is 9.47 Å². The van der Waals surface area contributed by atoms with E-state index in [0.717, 1.165) is 97.4 Å². The fourth-order valence-electron chi connectivity index (χ4n) is 4.39. The Kier molecular flexibility index (Phi) is 14.3. The smallest absolute Gasteiger partial charge is 0.190 e. The maximum absolute atomic E-state index is 6.14. The molecular formula is C25H44IN5O2. The van der Waals surface area contributed by atoms with Crippen LogP contribution < -0.4 is 10.6 Å². The zero-order valence-corrected chi connectivity index (χ0v) is 22.8. The van der Waals surface area contributed by atoms with E-state index in [9.17, 15) is 0 Å². The molecule has 2 aliphatic heterocycles. The molecule has 2 fully saturated rings. The van der Waals surface area contributed by atoms with E-state index in [-0.39, 0.29) is 24.0 Å². The molecule has 33 heavy (non-hydrogen) atoms. The van der Waals surface area contributed by atoms with Crippen molar-refractivity contribution < 1.29 is 9.47 Å². The second-order valence-corrected chi connectivity index (χ2v) is 9.08. The van der Waals surface area contributed by atoms with Gasteiger partial charge in [-0.2, -0.15) is 0 Å². The highest BCUT2D eigenvalue weighted by atomic mass is 127. The van der Waals surface area contributed by atoms with Gasteiger partial charge < -0.3 is 20.1 Å². The van der Waals surface area contributed by atoms with Gasteiger partial charge in [0.05, 0.1) is 19.3 Å². The molecule has 0 saturated carbocycles. The lowest BCUT2D eigenvalue weighted by Gasteiger charge is -2.32. The number of morpholine rings is 1. The zero-order chi connectivity index (χ0) is 22.4. The largest absolute Gasteiger partial charge is 0.379 e. The number of halogens is 1. The van der Waals surface area contributed by atoms with E-state index in [1.165, 1.54) is 5.56 Å². The van der Waals surface area contributed by atoms with Gasteiger partial charge in [0, 0.05) is 66.0 Å². The van der Waals surface area contributed by atoms with Crippen LogP contribution in [0.3, 0.4) is 0 Å². The highest BCUT2D eigenvalue weighted by Gasteiger charge is 2.19. The van der Waals surface area contributed by atoms with Crippen molar-refractivity contribution in [2.45, 2.75) is 38.8 Å². The summed E-state index contributed by atoms with van der Waals surface area (Å²) in [5.74, 6) is 1.45. The van der Waals surface area contributed by atoms with E-state index in [1.54, 1.807) is 0 Å². The summed E-state index contributed by atoms with van der Waals surface area (Å²) in [5.41, 5.74) is 1.40. The summed E-state index contributed by atoms with van der Waals surface area (Å²) in [6.07, 6.45) is 3.66. The zero-order valence-electron chi connectivity index (χ0n) is 20.5. The van der Waals surface area contributed by atoms with Crippen LogP contribution in [0, 0.1) is 5.92 Å².